The van der Waals surface area contributed by atoms with E-state index >= 15 is 0 Å². The number of hydrogen-bond acceptors (Lipinski definition) is 4. The molecule has 0 bridgehead atoms. The van der Waals surface area contributed by atoms with Gasteiger partial charge in [0.2, 0.25) is 5.91 Å². The van der Waals surface area contributed by atoms with Gasteiger partial charge in [-0.05, 0) is 38.0 Å². The summed E-state index contributed by atoms with van der Waals surface area (Å²) in [5, 5.41) is 4.21. The van der Waals surface area contributed by atoms with Crippen LogP contribution in [0.4, 0.5) is 0 Å². The van der Waals surface area contributed by atoms with Gasteiger partial charge in [0.15, 0.2) is 0 Å². The maximum absolute atomic E-state index is 12.9. The summed E-state index contributed by atoms with van der Waals surface area (Å²) in [5.41, 5.74) is 3.45. The SMILES string of the molecule is C=C/C(=C\C)S(=O)(=O)n1cc2c(n1)CN(C(=O)[C@H](C)c1ccccc1C)C2. The van der Waals surface area contributed by atoms with Gasteiger partial charge in [0, 0.05) is 18.3 Å². The quantitative estimate of drug-likeness (QED) is 0.742. The number of carbonyl (C=O) groups is 1. The number of carbonyl (C=O) groups excluding carboxylic acids is 1. The summed E-state index contributed by atoms with van der Waals surface area (Å²) in [6.45, 7) is 9.73. The largest absolute Gasteiger partial charge is 0.332 e. The van der Waals surface area contributed by atoms with Crippen LogP contribution in [-0.4, -0.2) is 28.4 Å². The Morgan fingerprint density at radius 3 is 2.59 bits per heavy atom. The minimum absolute atomic E-state index is 0.0111. The van der Waals surface area contributed by atoms with Crippen molar-refractivity contribution in [2.75, 3.05) is 0 Å². The van der Waals surface area contributed by atoms with Gasteiger partial charge < -0.3 is 4.90 Å². The molecule has 1 atom stereocenters. The van der Waals surface area contributed by atoms with E-state index in [2.05, 4.69) is 11.7 Å². The predicted molar refractivity (Wildman–Crippen MR) is 104 cm³/mol. The van der Waals surface area contributed by atoms with Crippen molar-refractivity contribution >= 4 is 15.9 Å². The highest BCUT2D eigenvalue weighted by molar-refractivity contribution is 7.93. The van der Waals surface area contributed by atoms with Gasteiger partial charge in [-0.15, -0.1) is 0 Å². The molecule has 0 saturated carbocycles. The number of hydrogen-bond donors (Lipinski definition) is 0. The van der Waals surface area contributed by atoms with Gasteiger partial charge in [-0.2, -0.15) is 17.6 Å². The molecule has 1 aliphatic rings. The Bertz CT molecular complexity index is 1010. The summed E-state index contributed by atoms with van der Waals surface area (Å²) >= 11 is 0. The third-order valence-electron chi connectivity index (χ3n) is 4.92. The molecule has 142 valence electrons. The second-order valence-electron chi connectivity index (χ2n) is 6.65. The Labute approximate surface area is 159 Å². The van der Waals surface area contributed by atoms with Crippen molar-refractivity contribution in [3.63, 3.8) is 0 Å². The number of rotatable bonds is 5. The Kier molecular flexibility index (Phi) is 5.06. The highest BCUT2D eigenvalue weighted by atomic mass is 32.2. The summed E-state index contributed by atoms with van der Waals surface area (Å²) in [6.07, 6.45) is 4.26. The van der Waals surface area contributed by atoms with E-state index in [0.29, 0.717) is 18.8 Å². The lowest BCUT2D eigenvalue weighted by Crippen LogP contribution is -2.30. The van der Waals surface area contributed by atoms with Crippen LogP contribution in [-0.2, 0) is 27.9 Å². The molecule has 7 heteroatoms. The second-order valence-corrected chi connectivity index (χ2v) is 8.44. The Morgan fingerprint density at radius 1 is 1.30 bits per heavy atom. The van der Waals surface area contributed by atoms with Gasteiger partial charge in [-0.25, -0.2) is 0 Å². The maximum Gasteiger partial charge on any atom is 0.282 e. The molecule has 3 rings (SSSR count). The molecule has 0 unspecified atom stereocenters. The fourth-order valence-electron chi connectivity index (χ4n) is 3.37. The van der Waals surface area contributed by atoms with Crippen molar-refractivity contribution < 1.29 is 13.2 Å². The smallest absolute Gasteiger partial charge is 0.282 e. The number of allylic oxidation sites excluding steroid dienone is 2. The lowest BCUT2D eigenvalue weighted by Gasteiger charge is -2.22. The molecule has 0 saturated heterocycles. The average molecular weight is 385 g/mol. The predicted octanol–water partition coefficient (Wildman–Crippen LogP) is 3.11. The molecule has 1 aromatic heterocycles. The summed E-state index contributed by atoms with van der Waals surface area (Å²) < 4.78 is 26.0. The highest BCUT2D eigenvalue weighted by Crippen LogP contribution is 2.28. The Morgan fingerprint density at radius 2 is 2.00 bits per heavy atom. The van der Waals surface area contributed by atoms with Gasteiger partial charge in [-0.1, -0.05) is 36.9 Å². The van der Waals surface area contributed by atoms with Crippen molar-refractivity contribution in [1.29, 1.82) is 0 Å². The van der Waals surface area contributed by atoms with Crippen LogP contribution < -0.4 is 0 Å². The van der Waals surface area contributed by atoms with Crippen LogP contribution in [0.15, 0.2) is 54.1 Å². The van der Waals surface area contributed by atoms with Crippen LogP contribution in [0.5, 0.6) is 0 Å². The van der Waals surface area contributed by atoms with Crippen molar-refractivity contribution in [3.05, 3.63) is 76.5 Å². The van der Waals surface area contributed by atoms with E-state index in [0.717, 1.165) is 20.8 Å². The summed E-state index contributed by atoms with van der Waals surface area (Å²) in [6, 6.07) is 7.84. The molecule has 2 aromatic rings. The van der Waals surface area contributed by atoms with Gasteiger partial charge in [-0.3, -0.25) is 4.79 Å². The molecule has 1 amide bonds. The number of amides is 1. The van der Waals surface area contributed by atoms with Crippen LogP contribution in [0, 0.1) is 6.92 Å². The Hall–Kier alpha value is -2.67. The lowest BCUT2D eigenvalue weighted by atomic mass is 9.95. The zero-order valence-electron chi connectivity index (χ0n) is 15.7. The zero-order valence-corrected chi connectivity index (χ0v) is 16.5. The molecule has 1 aliphatic heterocycles. The zero-order chi connectivity index (χ0) is 19.8. The standard InChI is InChI=1S/C20H23N3O3S/c1-5-17(6-2)27(25,26)23-12-16-11-22(13-19(16)21-23)20(24)15(4)18-10-8-7-9-14(18)3/h5-10,12,15H,1,11,13H2,2-4H3/b17-6+/t15-/m1/s1. The third kappa shape index (κ3) is 3.35. The van der Waals surface area contributed by atoms with Crippen molar-refractivity contribution in [2.45, 2.75) is 39.8 Å². The van der Waals surface area contributed by atoms with E-state index in [9.17, 15) is 13.2 Å². The van der Waals surface area contributed by atoms with Crippen LogP contribution in [0.1, 0.15) is 42.1 Å². The molecule has 2 heterocycles. The first-order chi connectivity index (χ1) is 12.8. The average Bonchev–Trinajstić information content (AvgIpc) is 3.21. The van der Waals surface area contributed by atoms with Crippen molar-refractivity contribution in [2.24, 2.45) is 0 Å². The van der Waals surface area contributed by atoms with Crippen LogP contribution in [0.25, 0.3) is 0 Å². The maximum atomic E-state index is 12.9. The van der Waals surface area contributed by atoms with Crippen molar-refractivity contribution in [1.82, 2.24) is 14.1 Å². The lowest BCUT2D eigenvalue weighted by molar-refractivity contribution is -0.133. The van der Waals surface area contributed by atoms with Gasteiger partial charge in [0.1, 0.15) is 0 Å². The number of aromatic nitrogens is 2. The fourth-order valence-corrected chi connectivity index (χ4v) is 4.56. The second kappa shape index (κ2) is 7.15. The monoisotopic (exact) mass is 385 g/mol. The molecular weight excluding hydrogens is 362 g/mol. The molecule has 27 heavy (non-hydrogen) atoms. The first-order valence-corrected chi connectivity index (χ1v) is 10.2. The number of benzene rings is 1. The number of nitrogens with zero attached hydrogens (tertiary/aromatic N) is 3. The molecule has 6 nitrogen and oxygen atoms in total. The molecule has 0 N–H and O–H groups in total. The van der Waals surface area contributed by atoms with Crippen LogP contribution in [0.3, 0.4) is 0 Å². The van der Waals surface area contributed by atoms with E-state index in [1.807, 2.05) is 38.1 Å². The minimum Gasteiger partial charge on any atom is -0.332 e. The highest BCUT2D eigenvalue weighted by Gasteiger charge is 2.32. The first-order valence-electron chi connectivity index (χ1n) is 8.75. The van der Waals surface area contributed by atoms with E-state index in [4.69, 9.17) is 0 Å². The number of fused-ring (bicyclic) bond motifs is 1. The normalized spacial score (nSPS) is 15.5. The van der Waals surface area contributed by atoms with Crippen LogP contribution >= 0.6 is 0 Å². The first kappa shape index (κ1) is 19.1. The summed E-state index contributed by atoms with van der Waals surface area (Å²) in [4.78, 5) is 14.7. The van der Waals surface area contributed by atoms with E-state index in [1.54, 1.807) is 11.8 Å². The molecular formula is C20H23N3O3S. The minimum atomic E-state index is -3.74. The van der Waals surface area contributed by atoms with E-state index in [-0.39, 0.29) is 16.7 Å². The van der Waals surface area contributed by atoms with Gasteiger partial charge in [0.05, 0.1) is 23.1 Å². The topological polar surface area (TPSA) is 72.3 Å². The van der Waals surface area contributed by atoms with Gasteiger partial charge in [0.25, 0.3) is 10.0 Å². The van der Waals surface area contributed by atoms with Crippen LogP contribution in [0.2, 0.25) is 0 Å². The van der Waals surface area contributed by atoms with Crippen molar-refractivity contribution in [3.8, 4) is 0 Å². The molecule has 1 aromatic carbocycles. The fraction of sp³-hybridized carbons (Fsp3) is 0.300. The molecule has 0 spiro atoms. The van der Waals surface area contributed by atoms with Gasteiger partial charge >= 0.3 is 0 Å². The summed E-state index contributed by atoms with van der Waals surface area (Å²) in [5.74, 6) is -0.251. The Balaban J connectivity index is 1.80. The van der Waals surface area contributed by atoms with E-state index < -0.39 is 10.0 Å². The molecule has 0 fully saturated rings. The summed E-state index contributed by atoms with van der Waals surface area (Å²) in [7, 11) is -3.74. The molecule has 0 radical (unpaired) electrons. The molecule has 0 aliphatic carbocycles. The van der Waals surface area contributed by atoms with E-state index in [1.165, 1.54) is 18.3 Å². The third-order valence-corrected chi connectivity index (χ3v) is 6.60. The number of aryl methyl sites for hydroxylation is 1.